The molecule has 0 bridgehead atoms. The molecular formula is C18H15NO3S. The number of carbonyl (C=O) groups is 2. The number of amides is 1. The second kappa shape index (κ2) is 5.93. The molecule has 0 radical (unpaired) electrons. The first-order valence-corrected chi connectivity index (χ1v) is 7.89. The van der Waals surface area contributed by atoms with Crippen molar-refractivity contribution in [2.45, 2.75) is 11.8 Å². The average molecular weight is 325 g/mol. The van der Waals surface area contributed by atoms with E-state index in [0.29, 0.717) is 10.6 Å². The lowest BCUT2D eigenvalue weighted by Gasteiger charge is -2.27. The van der Waals surface area contributed by atoms with Gasteiger partial charge in [-0.05, 0) is 36.8 Å². The Hall–Kier alpha value is -2.53. The van der Waals surface area contributed by atoms with E-state index < -0.39 is 5.97 Å². The summed E-state index contributed by atoms with van der Waals surface area (Å²) in [6.07, 6.45) is 1.86. The lowest BCUT2D eigenvalue weighted by molar-refractivity contribution is -0.114. The minimum absolute atomic E-state index is 0.134. The highest BCUT2D eigenvalue weighted by atomic mass is 32.2. The van der Waals surface area contributed by atoms with Crippen molar-refractivity contribution in [1.82, 2.24) is 0 Å². The molecule has 0 saturated carbocycles. The number of fused-ring (bicyclic) bond motifs is 1. The van der Waals surface area contributed by atoms with Crippen molar-refractivity contribution in [1.29, 1.82) is 0 Å². The van der Waals surface area contributed by atoms with Gasteiger partial charge in [0.15, 0.2) is 0 Å². The van der Waals surface area contributed by atoms with Crippen molar-refractivity contribution in [3.63, 3.8) is 0 Å². The minimum atomic E-state index is -1.00. The first-order valence-electron chi connectivity index (χ1n) is 7.07. The van der Waals surface area contributed by atoms with Crippen LogP contribution in [0.3, 0.4) is 0 Å². The molecule has 4 nitrogen and oxygen atoms in total. The maximum atomic E-state index is 12.5. The molecular weight excluding hydrogens is 310 g/mol. The molecule has 2 aromatic rings. The Balaban J connectivity index is 1.99. The number of anilines is 1. The number of benzene rings is 2. The van der Waals surface area contributed by atoms with Gasteiger partial charge in [-0.15, -0.1) is 0 Å². The van der Waals surface area contributed by atoms with E-state index >= 15 is 0 Å². The molecule has 0 saturated heterocycles. The lowest BCUT2D eigenvalue weighted by atomic mass is 10.1. The molecule has 23 heavy (non-hydrogen) atoms. The van der Waals surface area contributed by atoms with Crippen LogP contribution >= 0.6 is 11.8 Å². The number of carbonyl (C=O) groups excluding carboxylic acids is 1. The van der Waals surface area contributed by atoms with E-state index in [9.17, 15) is 9.59 Å². The van der Waals surface area contributed by atoms with Crippen LogP contribution in [0.25, 0.3) is 6.08 Å². The third-order valence-corrected chi connectivity index (χ3v) is 4.76. The van der Waals surface area contributed by atoms with Crippen LogP contribution in [0.4, 0.5) is 5.69 Å². The molecule has 1 aliphatic rings. The van der Waals surface area contributed by atoms with Crippen molar-refractivity contribution in [2.24, 2.45) is 0 Å². The van der Waals surface area contributed by atoms with Crippen LogP contribution in [0.5, 0.6) is 0 Å². The van der Waals surface area contributed by atoms with Gasteiger partial charge in [0.25, 0.3) is 5.91 Å². The predicted octanol–water partition coefficient (Wildman–Crippen LogP) is 3.80. The summed E-state index contributed by atoms with van der Waals surface area (Å²) in [5.74, 6) is -1.13. The molecule has 3 rings (SSSR count). The highest BCUT2D eigenvalue weighted by Gasteiger charge is 2.27. The predicted molar refractivity (Wildman–Crippen MR) is 91.8 cm³/mol. The Morgan fingerprint density at radius 1 is 1.17 bits per heavy atom. The Morgan fingerprint density at radius 3 is 2.52 bits per heavy atom. The zero-order chi connectivity index (χ0) is 16.6. The van der Waals surface area contributed by atoms with E-state index in [-0.39, 0.29) is 11.5 Å². The summed E-state index contributed by atoms with van der Waals surface area (Å²) in [7, 11) is 1.66. The molecule has 116 valence electrons. The second-order valence-corrected chi connectivity index (χ2v) is 6.46. The van der Waals surface area contributed by atoms with E-state index in [2.05, 4.69) is 0 Å². The number of likely N-dealkylation sites (N-methyl/N-ethyl adjacent to an activating group) is 1. The minimum Gasteiger partial charge on any atom is -0.478 e. The summed E-state index contributed by atoms with van der Waals surface area (Å²) in [6.45, 7) is 2.02. The standard InChI is InChI=1S/C18H15NO3S/c1-11-3-5-12(6-4-11)9-16-17(20)19(2)14-10-13(18(21)22)7-8-15(14)23-16/h3-10H,1-2H3,(H,21,22)/b16-9+. The van der Waals surface area contributed by atoms with Gasteiger partial charge in [-0.2, -0.15) is 0 Å². The van der Waals surface area contributed by atoms with Crippen molar-refractivity contribution in [3.05, 3.63) is 64.1 Å². The maximum absolute atomic E-state index is 12.5. The number of carboxylic acid groups (broad SMARTS) is 1. The Kier molecular flexibility index (Phi) is 3.96. The molecule has 2 aromatic carbocycles. The first kappa shape index (κ1) is 15.4. The van der Waals surface area contributed by atoms with E-state index in [0.717, 1.165) is 10.5 Å². The SMILES string of the molecule is Cc1ccc(/C=C2/Sc3ccc(C(=O)O)cc3N(C)C2=O)cc1. The lowest BCUT2D eigenvalue weighted by Crippen LogP contribution is -2.30. The van der Waals surface area contributed by atoms with Crippen LogP contribution < -0.4 is 4.90 Å². The zero-order valence-electron chi connectivity index (χ0n) is 12.7. The smallest absolute Gasteiger partial charge is 0.335 e. The van der Waals surface area contributed by atoms with Crippen molar-refractivity contribution in [3.8, 4) is 0 Å². The van der Waals surface area contributed by atoms with Gasteiger partial charge >= 0.3 is 5.97 Å². The summed E-state index contributed by atoms with van der Waals surface area (Å²) in [4.78, 5) is 26.6. The van der Waals surface area contributed by atoms with Gasteiger partial charge in [0, 0.05) is 11.9 Å². The van der Waals surface area contributed by atoms with Gasteiger partial charge in [0.2, 0.25) is 0 Å². The molecule has 0 fully saturated rings. The third-order valence-electron chi connectivity index (χ3n) is 3.68. The van der Waals surface area contributed by atoms with Gasteiger partial charge in [0.1, 0.15) is 0 Å². The average Bonchev–Trinajstić information content (AvgIpc) is 2.54. The normalized spacial score (nSPS) is 15.7. The summed E-state index contributed by atoms with van der Waals surface area (Å²) in [5, 5.41) is 9.09. The Morgan fingerprint density at radius 2 is 1.87 bits per heavy atom. The van der Waals surface area contributed by atoms with Gasteiger partial charge in [-0.25, -0.2) is 4.79 Å². The van der Waals surface area contributed by atoms with Crippen LogP contribution in [-0.2, 0) is 4.79 Å². The number of aryl methyl sites for hydroxylation is 1. The van der Waals surface area contributed by atoms with Crippen LogP contribution in [-0.4, -0.2) is 24.0 Å². The summed E-state index contributed by atoms with van der Waals surface area (Å²) in [6, 6.07) is 12.8. The Labute approximate surface area is 138 Å². The van der Waals surface area contributed by atoms with Crippen molar-refractivity contribution in [2.75, 3.05) is 11.9 Å². The maximum Gasteiger partial charge on any atom is 0.335 e. The van der Waals surface area contributed by atoms with E-state index in [1.807, 2.05) is 37.3 Å². The quantitative estimate of drug-likeness (QED) is 0.853. The molecule has 0 aromatic heterocycles. The summed E-state index contributed by atoms with van der Waals surface area (Å²) >= 11 is 1.37. The number of hydrogen-bond acceptors (Lipinski definition) is 3. The van der Waals surface area contributed by atoms with E-state index in [1.165, 1.54) is 28.3 Å². The zero-order valence-corrected chi connectivity index (χ0v) is 13.6. The van der Waals surface area contributed by atoms with E-state index in [1.54, 1.807) is 19.2 Å². The third kappa shape index (κ3) is 3.00. The van der Waals surface area contributed by atoms with E-state index in [4.69, 9.17) is 5.11 Å². The van der Waals surface area contributed by atoms with Crippen molar-refractivity contribution < 1.29 is 14.7 Å². The highest BCUT2D eigenvalue weighted by Crippen LogP contribution is 2.41. The summed E-state index contributed by atoms with van der Waals surface area (Å²) < 4.78 is 0. The molecule has 1 heterocycles. The van der Waals surface area contributed by atoms with Gasteiger partial charge in [0.05, 0.1) is 16.2 Å². The molecule has 0 unspecified atom stereocenters. The molecule has 0 spiro atoms. The molecule has 1 aliphatic heterocycles. The topological polar surface area (TPSA) is 57.6 Å². The number of aromatic carboxylic acids is 1. The van der Waals surface area contributed by atoms with Gasteiger partial charge in [-0.3, -0.25) is 4.79 Å². The highest BCUT2D eigenvalue weighted by molar-refractivity contribution is 8.04. The monoisotopic (exact) mass is 325 g/mol. The van der Waals surface area contributed by atoms with Crippen LogP contribution in [0, 0.1) is 6.92 Å². The number of nitrogens with zero attached hydrogens (tertiary/aromatic N) is 1. The first-order chi connectivity index (χ1) is 11.0. The van der Waals surface area contributed by atoms with Crippen LogP contribution in [0.2, 0.25) is 0 Å². The van der Waals surface area contributed by atoms with Crippen LogP contribution in [0.1, 0.15) is 21.5 Å². The fourth-order valence-corrected chi connectivity index (χ4v) is 3.43. The fraction of sp³-hybridized carbons (Fsp3) is 0.111. The largest absolute Gasteiger partial charge is 0.478 e. The number of thioether (sulfide) groups is 1. The number of carboxylic acids is 1. The van der Waals surface area contributed by atoms with Crippen molar-refractivity contribution >= 4 is 35.4 Å². The Bertz CT molecular complexity index is 825. The van der Waals surface area contributed by atoms with Gasteiger partial charge < -0.3 is 10.0 Å². The molecule has 1 amide bonds. The van der Waals surface area contributed by atoms with Crippen LogP contribution in [0.15, 0.2) is 52.3 Å². The van der Waals surface area contributed by atoms with Gasteiger partial charge in [-0.1, -0.05) is 41.6 Å². The second-order valence-electron chi connectivity index (χ2n) is 5.37. The number of rotatable bonds is 2. The molecule has 0 aliphatic carbocycles. The molecule has 1 N–H and O–H groups in total. The number of hydrogen-bond donors (Lipinski definition) is 1. The fourth-order valence-electron chi connectivity index (χ4n) is 2.34. The molecule has 0 atom stereocenters. The molecule has 5 heteroatoms. The summed E-state index contributed by atoms with van der Waals surface area (Å²) in [5.41, 5.74) is 2.93.